The van der Waals surface area contributed by atoms with Crippen LogP contribution in [0.15, 0.2) is 0 Å². The standard InChI is InChI=1S/CH4N3O2/c2-1(5)3-4-6/h4H,(H3,2,3,5)/q-1. The summed E-state index contributed by atoms with van der Waals surface area (Å²) in [5.74, 6) is 0. The monoisotopic (exact) mass is 90.0 g/mol. The predicted molar refractivity (Wildman–Crippen MR) is 19.2 cm³/mol. The third-order valence-electron chi connectivity index (χ3n) is 0.174. The smallest absolute Gasteiger partial charge is 0.325 e. The molecule has 0 aliphatic heterocycles. The van der Waals surface area contributed by atoms with Crippen molar-refractivity contribution in [2.75, 3.05) is 0 Å². The Bertz CT molecular complexity index is 52.8. The zero-order valence-electron chi connectivity index (χ0n) is 2.89. The number of urea groups is 1. The molecule has 6 heavy (non-hydrogen) atoms. The maximum absolute atomic E-state index is 9.45. The van der Waals surface area contributed by atoms with Gasteiger partial charge in [-0.2, -0.15) is 0 Å². The molecule has 0 aromatic heterocycles. The molecular weight excluding hydrogens is 86.0 g/mol. The van der Waals surface area contributed by atoms with Crippen LogP contribution in [0.2, 0.25) is 0 Å². The molecule has 0 aliphatic rings. The van der Waals surface area contributed by atoms with Gasteiger partial charge in [0.15, 0.2) is 0 Å². The average molecular weight is 90.1 g/mol. The molecule has 5 nitrogen and oxygen atoms in total. The van der Waals surface area contributed by atoms with E-state index in [0.717, 1.165) is 5.59 Å². The van der Waals surface area contributed by atoms with Crippen LogP contribution in [-0.2, 0) is 0 Å². The van der Waals surface area contributed by atoms with Crippen molar-refractivity contribution >= 4 is 6.03 Å². The molecule has 0 aromatic rings. The number of hydrazine groups is 1. The lowest BCUT2D eigenvalue weighted by Crippen LogP contribution is -2.37. The first-order valence-corrected chi connectivity index (χ1v) is 1.20. The van der Waals surface area contributed by atoms with Crippen LogP contribution in [0.25, 0.3) is 0 Å². The fourth-order valence-corrected chi connectivity index (χ4v) is 0.0503. The molecule has 0 radical (unpaired) electrons. The molecule has 5 heteroatoms. The van der Waals surface area contributed by atoms with E-state index < -0.39 is 6.03 Å². The Labute approximate surface area is 34.1 Å². The number of rotatable bonds is 1. The number of nitrogens with one attached hydrogen (secondary N) is 2. The maximum atomic E-state index is 9.45. The van der Waals surface area contributed by atoms with Gasteiger partial charge in [0, 0.05) is 0 Å². The van der Waals surface area contributed by atoms with E-state index in [-0.39, 0.29) is 0 Å². The second-order valence-corrected chi connectivity index (χ2v) is 0.591. The topological polar surface area (TPSA) is 90.2 Å². The minimum Gasteiger partial charge on any atom is -0.770 e. The number of hydrogen-bond acceptors (Lipinski definition) is 3. The van der Waals surface area contributed by atoms with Crippen LogP contribution in [0.3, 0.4) is 0 Å². The van der Waals surface area contributed by atoms with Crippen LogP contribution in [0, 0.1) is 5.21 Å². The summed E-state index contributed by atoms with van der Waals surface area (Å²) >= 11 is 0. The molecule has 0 fully saturated rings. The normalized spacial score (nSPS) is 7.50. The van der Waals surface area contributed by atoms with Crippen LogP contribution in [-0.4, -0.2) is 6.03 Å². The predicted octanol–water partition coefficient (Wildman–Crippen LogP) is -1.34. The van der Waals surface area contributed by atoms with Crippen molar-refractivity contribution in [3.63, 3.8) is 0 Å². The van der Waals surface area contributed by atoms with Crippen molar-refractivity contribution in [2.45, 2.75) is 0 Å². The summed E-state index contributed by atoms with van der Waals surface area (Å²) in [6, 6.07) is -0.884. The lowest BCUT2D eigenvalue weighted by molar-refractivity contribution is 0.246. The van der Waals surface area contributed by atoms with Crippen molar-refractivity contribution in [1.29, 1.82) is 0 Å². The van der Waals surface area contributed by atoms with Gasteiger partial charge in [-0.1, -0.05) is 0 Å². The lowest BCUT2D eigenvalue weighted by Gasteiger charge is -2.03. The first-order valence-electron chi connectivity index (χ1n) is 1.20. The fraction of sp³-hybridized carbons (Fsp3) is 0. The van der Waals surface area contributed by atoms with Gasteiger partial charge in [-0.15, -0.1) is 0 Å². The molecule has 0 spiro atoms. The van der Waals surface area contributed by atoms with Gasteiger partial charge in [-0.3, -0.25) is 5.43 Å². The third kappa shape index (κ3) is 3.19. The lowest BCUT2D eigenvalue weighted by atomic mass is 11.2. The molecule has 0 bridgehead atoms. The Morgan fingerprint density at radius 1 is 1.83 bits per heavy atom. The zero-order valence-corrected chi connectivity index (χ0v) is 2.89. The van der Waals surface area contributed by atoms with Crippen molar-refractivity contribution < 1.29 is 4.79 Å². The third-order valence-corrected chi connectivity index (χ3v) is 0.174. The van der Waals surface area contributed by atoms with Crippen molar-refractivity contribution in [3.8, 4) is 0 Å². The van der Waals surface area contributed by atoms with Gasteiger partial charge in [0.05, 0.1) is 0 Å². The van der Waals surface area contributed by atoms with E-state index in [0.29, 0.717) is 0 Å². The number of hydrogen-bond donors (Lipinski definition) is 3. The quantitative estimate of drug-likeness (QED) is 0.348. The molecule has 0 rings (SSSR count). The SMILES string of the molecule is NC(=O)NN[O-]. The molecule has 0 saturated carbocycles. The van der Waals surface area contributed by atoms with Gasteiger partial charge in [0.25, 0.3) is 0 Å². The van der Waals surface area contributed by atoms with Crippen LogP contribution < -0.4 is 16.7 Å². The minimum atomic E-state index is -0.884. The van der Waals surface area contributed by atoms with Crippen LogP contribution >= 0.6 is 0 Å². The molecule has 0 saturated heterocycles. The number of primary amides is 1. The number of nitrogens with two attached hydrogens (primary N) is 1. The second kappa shape index (κ2) is 2.43. The van der Waals surface area contributed by atoms with E-state index >= 15 is 0 Å². The van der Waals surface area contributed by atoms with E-state index in [1.54, 1.807) is 5.43 Å². The molecular formula is CH4N3O2-. The Morgan fingerprint density at radius 2 is 2.33 bits per heavy atom. The maximum Gasteiger partial charge on any atom is 0.325 e. The summed E-state index contributed by atoms with van der Waals surface area (Å²) in [5, 5.41) is 9.08. The number of carbonyl (C=O) groups is 1. The highest BCUT2D eigenvalue weighted by molar-refractivity contribution is 5.70. The Balaban J connectivity index is 2.83. The average Bonchev–Trinajstić information content (AvgIpc) is 1.35. The van der Waals surface area contributed by atoms with E-state index in [9.17, 15) is 4.79 Å². The largest absolute Gasteiger partial charge is 0.770 e. The van der Waals surface area contributed by atoms with Crippen LogP contribution in [0.1, 0.15) is 0 Å². The Kier molecular flexibility index (Phi) is 2.10. The highest BCUT2D eigenvalue weighted by Gasteiger charge is 1.75. The molecule has 2 amide bonds. The minimum absolute atomic E-state index is 0.884. The summed E-state index contributed by atoms with van der Waals surface area (Å²) in [5.41, 5.74) is 7.02. The van der Waals surface area contributed by atoms with E-state index in [1.807, 2.05) is 0 Å². The number of carbonyl (C=O) groups excluding carboxylic acids is 1. The first-order chi connectivity index (χ1) is 2.77. The molecule has 36 valence electrons. The van der Waals surface area contributed by atoms with Crippen molar-refractivity contribution in [3.05, 3.63) is 5.21 Å². The summed E-state index contributed by atoms with van der Waals surface area (Å²) in [4.78, 5) is 9.45. The van der Waals surface area contributed by atoms with Crippen LogP contribution in [0.4, 0.5) is 4.79 Å². The summed E-state index contributed by atoms with van der Waals surface area (Å²) in [7, 11) is 0. The summed E-state index contributed by atoms with van der Waals surface area (Å²) in [6.45, 7) is 0. The second-order valence-electron chi connectivity index (χ2n) is 0.591. The zero-order chi connectivity index (χ0) is 4.99. The molecule has 0 unspecified atom stereocenters. The van der Waals surface area contributed by atoms with Gasteiger partial charge in [-0.05, 0) is 0 Å². The van der Waals surface area contributed by atoms with Gasteiger partial charge in [-0.25, -0.2) is 4.79 Å². The highest BCUT2D eigenvalue weighted by atomic mass is 16.5. The molecule has 0 aromatic carbocycles. The highest BCUT2D eigenvalue weighted by Crippen LogP contribution is 1.40. The van der Waals surface area contributed by atoms with Gasteiger partial charge < -0.3 is 16.5 Å². The summed E-state index contributed by atoms with van der Waals surface area (Å²) in [6.07, 6.45) is 0. The number of amides is 2. The van der Waals surface area contributed by atoms with E-state index in [4.69, 9.17) is 5.21 Å². The van der Waals surface area contributed by atoms with Crippen molar-refractivity contribution in [1.82, 2.24) is 11.0 Å². The van der Waals surface area contributed by atoms with Gasteiger partial charge >= 0.3 is 6.03 Å². The Morgan fingerprint density at radius 3 is 2.33 bits per heavy atom. The van der Waals surface area contributed by atoms with Gasteiger partial charge in [0.2, 0.25) is 0 Å². The fourth-order valence-electron chi connectivity index (χ4n) is 0.0503. The molecule has 0 heterocycles. The molecule has 0 atom stereocenters. The van der Waals surface area contributed by atoms with Crippen molar-refractivity contribution in [2.24, 2.45) is 5.73 Å². The van der Waals surface area contributed by atoms with E-state index in [2.05, 4.69) is 5.73 Å². The van der Waals surface area contributed by atoms with E-state index in [1.165, 1.54) is 0 Å². The Hall–Kier alpha value is -0.810. The van der Waals surface area contributed by atoms with Gasteiger partial charge in [0.1, 0.15) is 0 Å². The first kappa shape index (κ1) is 5.19. The molecule has 4 N–H and O–H groups in total. The van der Waals surface area contributed by atoms with Crippen LogP contribution in [0.5, 0.6) is 0 Å². The molecule has 0 aliphatic carbocycles. The summed E-state index contributed by atoms with van der Waals surface area (Å²) < 4.78 is 0.